The Morgan fingerprint density at radius 2 is 1.90 bits per heavy atom. The van der Waals surface area contributed by atoms with E-state index in [9.17, 15) is 4.79 Å². The van der Waals surface area contributed by atoms with Gasteiger partial charge in [0.05, 0.1) is 18.7 Å². The van der Waals surface area contributed by atoms with Gasteiger partial charge in [-0.3, -0.25) is 4.79 Å². The predicted molar refractivity (Wildman–Crippen MR) is 123 cm³/mol. The lowest BCUT2D eigenvalue weighted by Gasteiger charge is -2.32. The summed E-state index contributed by atoms with van der Waals surface area (Å²) in [4.78, 5) is 15.1. The van der Waals surface area contributed by atoms with Gasteiger partial charge in [-0.15, -0.1) is 10.2 Å². The molecule has 0 aliphatic carbocycles. The van der Waals surface area contributed by atoms with E-state index in [4.69, 9.17) is 4.74 Å². The molecule has 1 unspecified atom stereocenters. The van der Waals surface area contributed by atoms with Crippen LogP contribution in [0.1, 0.15) is 25.3 Å². The number of nitrogens with one attached hydrogen (secondary N) is 1. The topological polar surface area (TPSA) is 67.4 Å². The van der Waals surface area contributed by atoms with Crippen molar-refractivity contribution in [3.05, 3.63) is 66.2 Å². The van der Waals surface area contributed by atoms with Crippen LogP contribution in [0, 0.1) is 5.92 Å². The molecule has 2 aromatic carbocycles. The molecule has 160 valence electrons. The van der Waals surface area contributed by atoms with Crippen LogP contribution in [0.2, 0.25) is 0 Å². The van der Waals surface area contributed by atoms with Gasteiger partial charge in [-0.1, -0.05) is 25.1 Å². The number of carbonyl (C=O) groups is 1. The molecular formula is C25H28N4O2. The maximum absolute atomic E-state index is 12.9. The molecule has 6 nitrogen and oxygen atoms in total. The Morgan fingerprint density at radius 3 is 2.61 bits per heavy atom. The lowest BCUT2D eigenvalue weighted by molar-refractivity contribution is -0.120. The molecule has 1 amide bonds. The van der Waals surface area contributed by atoms with Crippen LogP contribution in [-0.4, -0.2) is 36.3 Å². The minimum Gasteiger partial charge on any atom is -0.497 e. The van der Waals surface area contributed by atoms with E-state index in [2.05, 4.69) is 33.4 Å². The Hall–Kier alpha value is -3.41. The number of carbonyl (C=O) groups excluding carboxylic acids is 1. The second kappa shape index (κ2) is 9.60. The molecule has 1 aliphatic heterocycles. The summed E-state index contributed by atoms with van der Waals surface area (Å²) >= 11 is 0. The molecule has 6 heteroatoms. The highest BCUT2D eigenvalue weighted by Gasteiger charge is 2.27. The van der Waals surface area contributed by atoms with Gasteiger partial charge in [0.25, 0.3) is 0 Å². The number of methoxy groups -OCH3 is 1. The van der Waals surface area contributed by atoms with Gasteiger partial charge >= 0.3 is 0 Å². The van der Waals surface area contributed by atoms with Crippen LogP contribution in [-0.2, 0) is 11.2 Å². The first-order valence-corrected chi connectivity index (χ1v) is 10.8. The van der Waals surface area contributed by atoms with Crippen LogP contribution in [0.4, 0.5) is 11.5 Å². The smallest absolute Gasteiger partial charge is 0.229 e. The Bertz CT molecular complexity index is 1020. The van der Waals surface area contributed by atoms with Crippen molar-refractivity contribution in [2.45, 2.75) is 26.2 Å². The first-order valence-electron chi connectivity index (χ1n) is 10.8. The summed E-state index contributed by atoms with van der Waals surface area (Å²) in [5.41, 5.74) is 3.87. The largest absolute Gasteiger partial charge is 0.497 e. The number of piperidine rings is 1. The average molecular weight is 417 g/mol. The molecule has 0 saturated carbocycles. The van der Waals surface area contributed by atoms with E-state index in [1.165, 1.54) is 0 Å². The van der Waals surface area contributed by atoms with Crippen LogP contribution < -0.4 is 15.0 Å². The number of ether oxygens (including phenoxy) is 1. The molecule has 0 spiro atoms. The van der Waals surface area contributed by atoms with E-state index in [-0.39, 0.29) is 11.8 Å². The summed E-state index contributed by atoms with van der Waals surface area (Å²) in [6.07, 6.45) is 2.73. The third-order valence-electron chi connectivity index (χ3n) is 5.81. The number of amides is 1. The normalized spacial score (nSPS) is 16.1. The predicted octanol–water partition coefficient (Wildman–Crippen LogP) is 4.57. The minimum atomic E-state index is -0.0678. The molecule has 1 fully saturated rings. The van der Waals surface area contributed by atoms with E-state index in [1.54, 1.807) is 7.11 Å². The summed E-state index contributed by atoms with van der Waals surface area (Å²) in [5, 5.41) is 12.0. The Balaban J connectivity index is 1.42. The van der Waals surface area contributed by atoms with E-state index < -0.39 is 0 Å². The van der Waals surface area contributed by atoms with Crippen molar-refractivity contribution in [3.63, 3.8) is 0 Å². The maximum Gasteiger partial charge on any atom is 0.229 e. The monoisotopic (exact) mass is 416 g/mol. The van der Waals surface area contributed by atoms with Crippen molar-refractivity contribution >= 4 is 17.4 Å². The van der Waals surface area contributed by atoms with Crippen LogP contribution in [0.15, 0.2) is 60.7 Å². The third-order valence-corrected chi connectivity index (χ3v) is 5.81. The fourth-order valence-electron chi connectivity index (χ4n) is 3.99. The number of anilines is 2. The number of nitrogens with zero attached hydrogens (tertiary/aromatic N) is 3. The molecule has 0 bridgehead atoms. The van der Waals surface area contributed by atoms with E-state index in [1.807, 2.05) is 54.6 Å². The molecule has 1 N–H and O–H groups in total. The zero-order chi connectivity index (χ0) is 21.6. The number of hydrogen-bond donors (Lipinski definition) is 1. The number of aryl methyl sites for hydroxylation is 1. The number of para-hydroxylation sites is 1. The van der Waals surface area contributed by atoms with Crippen LogP contribution in [0.5, 0.6) is 5.75 Å². The zero-order valence-corrected chi connectivity index (χ0v) is 18.0. The second-order valence-electron chi connectivity index (χ2n) is 7.79. The minimum absolute atomic E-state index is 0.0678. The van der Waals surface area contributed by atoms with E-state index in [0.717, 1.165) is 59.9 Å². The molecule has 2 heterocycles. The SMILES string of the molecule is CCc1ccccc1NC(=O)C1CCCN(c2ccc(-c3ccc(OC)cc3)nn2)C1. The van der Waals surface area contributed by atoms with Crippen LogP contribution in [0.25, 0.3) is 11.3 Å². The lowest BCUT2D eigenvalue weighted by atomic mass is 9.96. The van der Waals surface area contributed by atoms with Gasteiger partial charge in [0.2, 0.25) is 5.91 Å². The van der Waals surface area contributed by atoms with Crippen molar-refractivity contribution in [1.82, 2.24) is 10.2 Å². The molecule has 1 saturated heterocycles. The number of benzene rings is 2. The van der Waals surface area contributed by atoms with Crippen LogP contribution in [0.3, 0.4) is 0 Å². The van der Waals surface area contributed by atoms with Crippen molar-refractivity contribution in [1.29, 1.82) is 0 Å². The van der Waals surface area contributed by atoms with Gasteiger partial charge in [-0.25, -0.2) is 0 Å². The number of rotatable bonds is 6. The number of aromatic nitrogens is 2. The average Bonchev–Trinajstić information content (AvgIpc) is 2.84. The molecular weight excluding hydrogens is 388 g/mol. The first-order chi connectivity index (χ1) is 15.2. The lowest BCUT2D eigenvalue weighted by Crippen LogP contribution is -2.41. The fourth-order valence-corrected chi connectivity index (χ4v) is 3.99. The summed E-state index contributed by atoms with van der Waals surface area (Å²) < 4.78 is 5.21. The standard InChI is InChI=1S/C25H28N4O2/c1-3-18-7-4-5-9-22(18)26-25(30)20-8-6-16-29(17-20)24-15-14-23(27-28-24)19-10-12-21(31-2)13-11-19/h4-5,7,9-15,20H,3,6,8,16-17H2,1-2H3,(H,26,30). The van der Waals surface area contributed by atoms with Gasteiger partial charge in [0.1, 0.15) is 5.75 Å². The zero-order valence-electron chi connectivity index (χ0n) is 18.0. The van der Waals surface area contributed by atoms with Crippen molar-refractivity contribution < 1.29 is 9.53 Å². The van der Waals surface area contributed by atoms with E-state index >= 15 is 0 Å². The first kappa shape index (κ1) is 20.8. The molecule has 1 atom stereocenters. The highest BCUT2D eigenvalue weighted by atomic mass is 16.5. The number of hydrogen-bond acceptors (Lipinski definition) is 5. The molecule has 0 radical (unpaired) electrons. The Kier molecular flexibility index (Phi) is 6.46. The molecule has 4 rings (SSSR count). The molecule has 1 aliphatic rings. The molecule has 31 heavy (non-hydrogen) atoms. The maximum atomic E-state index is 12.9. The van der Waals surface area contributed by atoms with E-state index in [0.29, 0.717) is 6.54 Å². The summed E-state index contributed by atoms with van der Waals surface area (Å²) in [6, 6.07) is 19.7. The third kappa shape index (κ3) is 4.85. The quantitative estimate of drug-likeness (QED) is 0.638. The summed E-state index contributed by atoms with van der Waals surface area (Å²) in [5.74, 6) is 1.63. The molecule has 1 aromatic heterocycles. The second-order valence-corrected chi connectivity index (χ2v) is 7.79. The summed E-state index contributed by atoms with van der Waals surface area (Å²) in [6.45, 7) is 3.63. The van der Waals surface area contributed by atoms with Gasteiger partial charge in [-0.05, 0) is 67.3 Å². The highest BCUT2D eigenvalue weighted by molar-refractivity contribution is 5.93. The summed E-state index contributed by atoms with van der Waals surface area (Å²) in [7, 11) is 1.65. The van der Waals surface area contributed by atoms with Crippen molar-refractivity contribution in [2.75, 3.05) is 30.4 Å². The van der Waals surface area contributed by atoms with Gasteiger partial charge in [0, 0.05) is 24.3 Å². The fraction of sp³-hybridized carbons (Fsp3) is 0.320. The van der Waals surface area contributed by atoms with Gasteiger partial charge < -0.3 is 15.0 Å². The molecule has 3 aromatic rings. The Labute approximate surface area is 183 Å². The Morgan fingerprint density at radius 1 is 1.10 bits per heavy atom. The van der Waals surface area contributed by atoms with Crippen LogP contribution >= 0.6 is 0 Å². The van der Waals surface area contributed by atoms with Crippen molar-refractivity contribution in [2.24, 2.45) is 5.92 Å². The highest BCUT2D eigenvalue weighted by Crippen LogP contribution is 2.26. The van der Waals surface area contributed by atoms with Crippen molar-refractivity contribution in [3.8, 4) is 17.0 Å². The van der Waals surface area contributed by atoms with Gasteiger partial charge in [0.15, 0.2) is 5.82 Å². The van der Waals surface area contributed by atoms with Gasteiger partial charge in [-0.2, -0.15) is 0 Å².